The molecule has 2 saturated carbocycles. The van der Waals surface area contributed by atoms with Gasteiger partial charge in [-0.25, -0.2) is 0 Å². The van der Waals surface area contributed by atoms with Crippen molar-refractivity contribution in [1.82, 2.24) is 42.1 Å². The van der Waals surface area contributed by atoms with Gasteiger partial charge in [0.2, 0.25) is 65.0 Å². The van der Waals surface area contributed by atoms with E-state index in [1.165, 1.54) is 35.1 Å². The minimum absolute atomic E-state index is 0.0128. The molecule has 11 amide bonds. The number of aromatic hydroxyl groups is 2. The maximum atomic E-state index is 14.6. The Hall–Kier alpha value is -9.57. The fourth-order valence-electron chi connectivity index (χ4n) is 14.0. The standard InChI is InChI=1S/C46H64N14O12S2.C22H26O3/c47-35(62)15-14-29-40(67)58-32(22-36(48)63)43(70)59-33(45(72)60-18-5-9-34(60)44(71)56-28(8-4-17-52-46(50)51)39(66)53-23-37(49)64)24-74-73-19-16-38(65)54-30(21-26-10-12-27(61)13-11-26)41(68)57-31(42(69)55-29)20-25-6-2-1-3-7-25;1-4-22(25-14(2)23)12-10-20-19-7-5-15-13-16(24)6-8-17(15)18(19)9-11-21(20,22)3/h1-3,6-7,10-13,28-34,61H,4-5,8-9,14-24H2,(H2,47,62)(H2,48,63)(H2,49,64)(H,53,66)(H,54,65)(H,55,69)(H,56,71)(H,57,68)(H,58,67)(H,59,70)(H4,50,51,52);1,6,8,13,18-20,24H,5,7,9-12H2,2-3H3/t28-,29-,30-,31-,32-,33-,34-;18-,19-,20+,21+,22+/m01/s1. The first-order valence-electron chi connectivity index (χ1n) is 33.0. The molecule has 3 aromatic rings. The number of fused-ring (bicyclic) bond motifs is 5. The van der Waals surface area contributed by atoms with Crippen LogP contribution in [0.5, 0.6) is 11.5 Å². The summed E-state index contributed by atoms with van der Waals surface area (Å²) in [5, 5.41) is 37.6. The van der Waals surface area contributed by atoms with Gasteiger partial charge in [0.15, 0.2) is 11.6 Å². The van der Waals surface area contributed by atoms with Crippen LogP contribution >= 0.6 is 21.6 Å². The number of primary amides is 3. The Morgan fingerprint density at radius 1 is 0.747 bits per heavy atom. The summed E-state index contributed by atoms with van der Waals surface area (Å²) in [7, 11) is 2.19. The first kappa shape index (κ1) is 76.8. The lowest BCUT2D eigenvalue weighted by atomic mass is 9.53. The quantitative estimate of drug-likeness (QED) is 0.0175. The number of esters is 1. The van der Waals surface area contributed by atoms with Crippen molar-refractivity contribution in [3.63, 3.8) is 0 Å². The normalized spacial score (nSPS) is 26.1. The fourth-order valence-corrected chi connectivity index (χ4v) is 16.2. The van der Waals surface area contributed by atoms with Gasteiger partial charge >= 0.3 is 5.97 Å². The Morgan fingerprint density at radius 3 is 2.05 bits per heavy atom. The van der Waals surface area contributed by atoms with Crippen LogP contribution in [0.4, 0.5) is 0 Å². The molecule has 31 heteroatoms. The third kappa shape index (κ3) is 21.2. The molecular weight excluding hydrogens is 1320 g/mol. The molecule has 8 rings (SSSR count). The van der Waals surface area contributed by atoms with Gasteiger partial charge in [-0.15, -0.1) is 6.42 Å². The molecule has 29 nitrogen and oxygen atoms in total. The number of terminal acetylenes is 1. The summed E-state index contributed by atoms with van der Waals surface area (Å²) in [5.41, 5.74) is 29.9. The van der Waals surface area contributed by atoms with Crippen LogP contribution in [0, 0.1) is 29.6 Å². The number of nitrogens with one attached hydrogen (secondary N) is 7. The SMILES string of the molecule is C#C[C@]1(OC(C)=O)CC[C@H]2[C@@H]3CCc4cc(O)ccc4[C@H]3CC[C@@]21C.NC(=O)CC[C@@H]1NC(=O)[C@H](Cc2ccccc2)NC(=O)[C@H](Cc2ccc(O)cc2)NC(=O)CCSSC[C@@H](C(=O)N2CCC[C@H]2C(=O)N[C@@H](CCCN=C(N)N)C(=O)NCC(N)=O)NC(=O)[C@H](CC(N)=O)NC1=O. The number of hydrogen-bond acceptors (Lipinski definition) is 18. The number of carbonyl (C=O) groups excluding carboxylic acids is 12. The van der Waals surface area contributed by atoms with Crippen LogP contribution in [0.3, 0.4) is 0 Å². The zero-order valence-corrected chi connectivity index (χ0v) is 57.1. The lowest BCUT2D eigenvalue weighted by Gasteiger charge is -2.52. The summed E-state index contributed by atoms with van der Waals surface area (Å²) >= 11 is 0. The maximum absolute atomic E-state index is 14.6. The van der Waals surface area contributed by atoms with Crippen molar-refractivity contribution in [2.45, 2.75) is 170 Å². The number of aliphatic imine (C=N–C) groups is 1. The number of nitrogens with zero attached hydrogens (tertiary/aromatic N) is 2. The van der Waals surface area contributed by atoms with Crippen LogP contribution in [-0.2, 0) is 81.5 Å². The highest BCUT2D eigenvalue weighted by molar-refractivity contribution is 8.76. The van der Waals surface area contributed by atoms with Gasteiger partial charge in [0.05, 0.1) is 13.0 Å². The Labute approximate surface area is 581 Å². The van der Waals surface area contributed by atoms with E-state index in [4.69, 9.17) is 39.8 Å². The summed E-state index contributed by atoms with van der Waals surface area (Å²) in [4.78, 5) is 165. The monoisotopic (exact) mass is 1410 g/mol. The van der Waals surface area contributed by atoms with E-state index in [2.05, 4.69) is 61.1 Å². The maximum Gasteiger partial charge on any atom is 0.304 e. The second kappa shape index (κ2) is 35.8. The van der Waals surface area contributed by atoms with E-state index in [1.54, 1.807) is 42.5 Å². The summed E-state index contributed by atoms with van der Waals surface area (Å²) < 4.78 is 5.78. The third-order valence-corrected chi connectivity index (χ3v) is 21.3. The predicted octanol–water partition coefficient (Wildman–Crippen LogP) is -0.158. The van der Waals surface area contributed by atoms with E-state index in [-0.39, 0.29) is 86.2 Å². The van der Waals surface area contributed by atoms with Crippen LogP contribution in [0.15, 0.2) is 77.8 Å². The molecule has 0 spiro atoms. The highest BCUT2D eigenvalue weighted by Gasteiger charge is 2.63. The van der Waals surface area contributed by atoms with E-state index >= 15 is 0 Å². The number of nitrogens with two attached hydrogens (primary N) is 5. The van der Waals surface area contributed by atoms with E-state index in [0.29, 0.717) is 41.1 Å². The van der Waals surface area contributed by atoms with Crippen molar-refractivity contribution < 1.29 is 72.5 Å². The van der Waals surface area contributed by atoms with Gasteiger partial charge < -0.3 is 85.7 Å². The first-order chi connectivity index (χ1) is 47.1. The van der Waals surface area contributed by atoms with E-state index in [0.717, 1.165) is 60.1 Å². The summed E-state index contributed by atoms with van der Waals surface area (Å²) in [6.45, 7) is 3.31. The van der Waals surface area contributed by atoms with Crippen molar-refractivity contribution in [1.29, 1.82) is 0 Å². The Balaban J connectivity index is 0.000000454. The molecule has 2 aliphatic heterocycles. The second-order valence-corrected chi connectivity index (χ2v) is 28.3. The van der Waals surface area contributed by atoms with Crippen molar-refractivity contribution in [2.75, 3.05) is 31.1 Å². The van der Waals surface area contributed by atoms with Gasteiger partial charge in [-0.3, -0.25) is 62.5 Å². The number of rotatable bonds is 20. The number of guanidine groups is 1. The average Bonchev–Trinajstić information content (AvgIpc) is 1.60. The number of phenols is 2. The highest BCUT2D eigenvalue weighted by Crippen LogP contribution is 2.65. The number of hydrogen-bond donors (Lipinski definition) is 14. The van der Waals surface area contributed by atoms with Crippen LogP contribution in [0.2, 0.25) is 0 Å². The van der Waals surface area contributed by atoms with Gasteiger partial charge in [-0.2, -0.15) is 0 Å². The minimum Gasteiger partial charge on any atom is -0.508 e. The van der Waals surface area contributed by atoms with Crippen molar-refractivity contribution in [3.05, 3.63) is 95.1 Å². The molecule has 0 radical (unpaired) electrons. The van der Waals surface area contributed by atoms with Crippen LogP contribution in [0.1, 0.15) is 125 Å². The molecule has 2 saturated heterocycles. The smallest absolute Gasteiger partial charge is 0.304 e. The van der Waals surface area contributed by atoms with Crippen molar-refractivity contribution >= 4 is 98.5 Å². The zero-order valence-electron chi connectivity index (χ0n) is 55.4. The highest BCUT2D eigenvalue weighted by atomic mass is 33.1. The largest absolute Gasteiger partial charge is 0.508 e. The molecule has 0 unspecified atom stereocenters. The molecule has 3 aliphatic carbocycles. The van der Waals surface area contributed by atoms with Crippen LogP contribution < -0.4 is 65.9 Å². The topological polar surface area (TPSA) is 484 Å². The summed E-state index contributed by atoms with van der Waals surface area (Å²) in [6.07, 6.45) is 10.6. The van der Waals surface area contributed by atoms with Gasteiger partial charge in [-0.05, 0) is 135 Å². The number of phenolic OH excluding ortho intramolecular Hbond substituents is 2. The van der Waals surface area contributed by atoms with Gasteiger partial charge in [0.25, 0.3) is 0 Å². The Bertz CT molecular complexity index is 3540. The fraction of sp³-hybridized carbons (Fsp3) is 0.515. The molecular formula is C68H90N14O15S2. The first-order valence-corrected chi connectivity index (χ1v) is 35.4. The molecule has 2 heterocycles. The van der Waals surface area contributed by atoms with Gasteiger partial charge in [0, 0.05) is 62.6 Å². The van der Waals surface area contributed by atoms with Crippen LogP contribution in [-0.4, -0.2) is 171 Å². The van der Waals surface area contributed by atoms with Crippen molar-refractivity contribution in [2.24, 2.45) is 50.9 Å². The third-order valence-electron chi connectivity index (χ3n) is 18.9. The second-order valence-electron chi connectivity index (χ2n) is 25.7. The zero-order chi connectivity index (χ0) is 72.1. The molecule has 19 N–H and O–H groups in total. The van der Waals surface area contributed by atoms with Crippen molar-refractivity contribution in [3.8, 4) is 23.8 Å². The number of benzene rings is 3. The van der Waals surface area contributed by atoms with Gasteiger partial charge in [-0.1, -0.05) is 83.0 Å². The van der Waals surface area contributed by atoms with E-state index in [1.807, 2.05) is 12.1 Å². The minimum atomic E-state index is -1.77. The molecule has 99 heavy (non-hydrogen) atoms. The van der Waals surface area contributed by atoms with Crippen LogP contribution in [0.25, 0.3) is 0 Å². The van der Waals surface area contributed by atoms with Gasteiger partial charge in [0.1, 0.15) is 53.8 Å². The lowest BCUT2D eigenvalue weighted by Crippen LogP contribution is -2.61. The summed E-state index contributed by atoms with van der Waals surface area (Å²) in [6, 6.07) is 10.4. The average molecular weight is 1410 g/mol. The number of carbonyl (C=O) groups is 12. The molecule has 0 bridgehead atoms. The molecule has 5 aliphatic rings. The Morgan fingerprint density at radius 2 is 1.39 bits per heavy atom. The summed E-state index contributed by atoms with van der Waals surface area (Å²) in [5.74, 6) is -5.16. The Kier molecular flexibility index (Phi) is 27.8. The lowest BCUT2D eigenvalue weighted by molar-refractivity contribution is -0.165. The van der Waals surface area contributed by atoms with E-state index < -0.39 is 139 Å². The molecule has 3 aromatic carbocycles. The number of ether oxygens (including phenoxy) is 1. The predicted molar refractivity (Wildman–Crippen MR) is 368 cm³/mol. The molecule has 534 valence electrons. The number of aryl methyl sites for hydroxylation is 1. The number of amides is 11. The van der Waals surface area contributed by atoms with E-state index in [9.17, 15) is 67.7 Å². The molecule has 0 aromatic heterocycles. The molecule has 4 fully saturated rings. The molecule has 12 atom stereocenters. The number of likely N-dealkylation sites (tertiary alicyclic amines) is 1.